The van der Waals surface area contributed by atoms with E-state index in [9.17, 15) is 9.59 Å². The van der Waals surface area contributed by atoms with Crippen molar-refractivity contribution >= 4 is 17.6 Å². The van der Waals surface area contributed by atoms with Crippen molar-refractivity contribution in [3.8, 4) is 0 Å². The second-order valence-corrected chi connectivity index (χ2v) is 6.56. The topological polar surface area (TPSA) is 61.9 Å². The summed E-state index contributed by atoms with van der Waals surface area (Å²) >= 11 is 0. The molecule has 1 unspecified atom stereocenters. The van der Waals surface area contributed by atoms with Crippen LogP contribution in [0, 0.1) is 0 Å². The van der Waals surface area contributed by atoms with Crippen LogP contribution in [-0.2, 0) is 16.1 Å². The van der Waals surface area contributed by atoms with Crippen molar-refractivity contribution in [2.75, 3.05) is 32.1 Å². The lowest BCUT2D eigenvalue weighted by Gasteiger charge is -2.21. The van der Waals surface area contributed by atoms with E-state index in [1.165, 1.54) is 0 Å². The van der Waals surface area contributed by atoms with Gasteiger partial charge in [-0.2, -0.15) is 0 Å². The van der Waals surface area contributed by atoms with Crippen LogP contribution in [0.25, 0.3) is 0 Å². The van der Waals surface area contributed by atoms with Crippen LogP contribution < -0.4 is 5.32 Å². The average Bonchev–Trinajstić information content (AvgIpc) is 3.20. The van der Waals surface area contributed by atoms with E-state index in [-0.39, 0.29) is 18.0 Å². The number of carbonyl (C=O) groups is 2. The highest BCUT2D eigenvalue weighted by Gasteiger charge is 2.21. The normalized spacial score (nSPS) is 20.5. The number of anilines is 1. The minimum Gasteiger partial charge on any atom is -0.376 e. The van der Waals surface area contributed by atoms with Crippen molar-refractivity contribution in [1.82, 2.24) is 9.80 Å². The number of nitrogens with one attached hydrogen (secondary N) is 1. The summed E-state index contributed by atoms with van der Waals surface area (Å²) < 4.78 is 5.57. The van der Waals surface area contributed by atoms with E-state index in [2.05, 4.69) is 5.32 Å². The monoisotopic (exact) mass is 331 g/mol. The van der Waals surface area contributed by atoms with E-state index >= 15 is 0 Å². The molecule has 0 saturated carbocycles. The summed E-state index contributed by atoms with van der Waals surface area (Å²) in [6, 6.07) is 7.55. The largest absolute Gasteiger partial charge is 0.376 e. The van der Waals surface area contributed by atoms with Gasteiger partial charge in [0.15, 0.2) is 0 Å². The smallest absolute Gasteiger partial charge is 0.321 e. The summed E-state index contributed by atoms with van der Waals surface area (Å²) in [4.78, 5) is 27.6. The second-order valence-electron chi connectivity index (χ2n) is 6.56. The first-order valence-electron chi connectivity index (χ1n) is 8.62. The molecule has 0 aliphatic carbocycles. The number of rotatable bonds is 5. The summed E-state index contributed by atoms with van der Waals surface area (Å²) in [6.45, 7) is 2.82. The van der Waals surface area contributed by atoms with Gasteiger partial charge < -0.3 is 19.9 Å². The number of likely N-dealkylation sites (N-methyl/N-ethyl adjacent to an activating group) is 1. The third-order valence-electron chi connectivity index (χ3n) is 4.57. The number of nitrogens with zero attached hydrogens (tertiary/aromatic N) is 2. The molecule has 2 heterocycles. The Bertz CT molecular complexity index is 599. The van der Waals surface area contributed by atoms with Crippen molar-refractivity contribution < 1.29 is 14.3 Å². The standard InChI is InChI=1S/C18H25N3O3/c1-20(13-16-7-4-10-24-16)18(23)19-15-6-2-5-14(11-15)12-21-9-3-8-17(21)22/h2,5-6,11,16H,3-4,7-10,12-13H2,1H3,(H,19,23). The Hall–Kier alpha value is -2.08. The molecule has 6 heteroatoms. The van der Waals surface area contributed by atoms with Gasteiger partial charge in [0, 0.05) is 45.4 Å². The van der Waals surface area contributed by atoms with Crippen molar-refractivity contribution in [2.45, 2.75) is 38.3 Å². The van der Waals surface area contributed by atoms with Gasteiger partial charge >= 0.3 is 6.03 Å². The molecule has 2 saturated heterocycles. The van der Waals surface area contributed by atoms with E-state index in [4.69, 9.17) is 4.74 Å². The summed E-state index contributed by atoms with van der Waals surface area (Å²) in [5.74, 6) is 0.209. The third kappa shape index (κ3) is 4.26. The number of urea groups is 1. The zero-order valence-corrected chi connectivity index (χ0v) is 14.2. The Morgan fingerprint density at radius 2 is 2.29 bits per heavy atom. The van der Waals surface area contributed by atoms with Crippen LogP contribution in [0.1, 0.15) is 31.2 Å². The number of amides is 3. The highest BCUT2D eigenvalue weighted by Crippen LogP contribution is 2.18. The van der Waals surface area contributed by atoms with Crippen LogP contribution >= 0.6 is 0 Å². The Labute approximate surface area is 142 Å². The first kappa shape index (κ1) is 16.8. The van der Waals surface area contributed by atoms with Gasteiger partial charge in [0.1, 0.15) is 0 Å². The highest BCUT2D eigenvalue weighted by molar-refractivity contribution is 5.89. The molecule has 1 atom stereocenters. The van der Waals surface area contributed by atoms with E-state index in [0.717, 1.165) is 43.7 Å². The molecule has 0 bridgehead atoms. The number of benzene rings is 1. The Balaban J connectivity index is 1.55. The fourth-order valence-electron chi connectivity index (χ4n) is 3.23. The lowest BCUT2D eigenvalue weighted by Crippen LogP contribution is -2.37. The van der Waals surface area contributed by atoms with E-state index in [1.54, 1.807) is 11.9 Å². The zero-order valence-electron chi connectivity index (χ0n) is 14.2. The highest BCUT2D eigenvalue weighted by atomic mass is 16.5. The van der Waals surface area contributed by atoms with Crippen LogP contribution in [0.15, 0.2) is 24.3 Å². The summed E-state index contributed by atoms with van der Waals surface area (Å²) in [7, 11) is 1.78. The quantitative estimate of drug-likeness (QED) is 0.901. The minimum atomic E-state index is -0.139. The van der Waals surface area contributed by atoms with Gasteiger partial charge in [-0.05, 0) is 37.0 Å². The van der Waals surface area contributed by atoms with E-state index in [1.807, 2.05) is 29.2 Å². The fourth-order valence-corrected chi connectivity index (χ4v) is 3.23. The molecule has 1 aromatic carbocycles. The summed E-state index contributed by atoms with van der Waals surface area (Å²) in [6.07, 6.45) is 3.80. The van der Waals surface area contributed by atoms with Crippen LogP contribution in [0.3, 0.4) is 0 Å². The average molecular weight is 331 g/mol. The molecule has 0 aromatic heterocycles. The first-order chi connectivity index (χ1) is 11.6. The molecule has 1 N–H and O–H groups in total. The van der Waals surface area contributed by atoms with Crippen LogP contribution in [0.4, 0.5) is 10.5 Å². The molecule has 0 radical (unpaired) electrons. The lowest BCUT2D eigenvalue weighted by molar-refractivity contribution is -0.128. The molecule has 2 aliphatic rings. The zero-order chi connectivity index (χ0) is 16.9. The van der Waals surface area contributed by atoms with Gasteiger partial charge in [-0.1, -0.05) is 12.1 Å². The molecule has 6 nitrogen and oxygen atoms in total. The van der Waals surface area contributed by atoms with Gasteiger partial charge in [-0.3, -0.25) is 4.79 Å². The predicted molar refractivity (Wildman–Crippen MR) is 91.7 cm³/mol. The molecular weight excluding hydrogens is 306 g/mol. The molecule has 130 valence electrons. The van der Waals surface area contributed by atoms with Gasteiger partial charge in [0.2, 0.25) is 5.91 Å². The van der Waals surface area contributed by atoms with Gasteiger partial charge in [0.25, 0.3) is 0 Å². The number of hydrogen-bond acceptors (Lipinski definition) is 3. The summed E-state index contributed by atoms with van der Waals surface area (Å²) in [5.41, 5.74) is 1.79. The van der Waals surface area contributed by atoms with Crippen molar-refractivity contribution in [1.29, 1.82) is 0 Å². The fraction of sp³-hybridized carbons (Fsp3) is 0.556. The maximum Gasteiger partial charge on any atom is 0.321 e. The van der Waals surface area contributed by atoms with E-state index < -0.39 is 0 Å². The molecule has 24 heavy (non-hydrogen) atoms. The summed E-state index contributed by atoms with van der Waals surface area (Å²) in [5, 5.41) is 2.92. The second kappa shape index (κ2) is 7.66. The molecular formula is C18H25N3O3. The van der Waals surface area contributed by atoms with Crippen LogP contribution in [0.2, 0.25) is 0 Å². The molecule has 1 aromatic rings. The molecule has 2 fully saturated rings. The van der Waals surface area contributed by atoms with Crippen LogP contribution in [0.5, 0.6) is 0 Å². The first-order valence-corrected chi connectivity index (χ1v) is 8.62. The SMILES string of the molecule is CN(CC1CCCO1)C(=O)Nc1cccc(CN2CCCC2=O)c1. The number of ether oxygens (including phenoxy) is 1. The molecule has 0 spiro atoms. The van der Waals surface area contributed by atoms with Gasteiger partial charge in [0.05, 0.1) is 6.10 Å². The van der Waals surface area contributed by atoms with Crippen molar-refractivity contribution in [2.24, 2.45) is 0 Å². The minimum absolute atomic E-state index is 0.139. The van der Waals surface area contributed by atoms with Crippen molar-refractivity contribution in [3.63, 3.8) is 0 Å². The maximum atomic E-state index is 12.3. The molecule has 3 rings (SSSR count). The Kier molecular flexibility index (Phi) is 5.35. The van der Waals surface area contributed by atoms with E-state index in [0.29, 0.717) is 19.5 Å². The number of hydrogen-bond donors (Lipinski definition) is 1. The number of likely N-dealkylation sites (tertiary alicyclic amines) is 1. The van der Waals surface area contributed by atoms with Gasteiger partial charge in [-0.25, -0.2) is 4.79 Å². The van der Waals surface area contributed by atoms with Crippen LogP contribution in [-0.4, -0.2) is 54.6 Å². The lowest BCUT2D eigenvalue weighted by atomic mass is 10.2. The molecule has 2 aliphatic heterocycles. The predicted octanol–water partition coefficient (Wildman–Crippen LogP) is 2.45. The third-order valence-corrected chi connectivity index (χ3v) is 4.57. The maximum absolute atomic E-state index is 12.3. The Morgan fingerprint density at radius 1 is 1.42 bits per heavy atom. The molecule has 3 amide bonds. The number of carbonyl (C=O) groups excluding carboxylic acids is 2. The Morgan fingerprint density at radius 3 is 3.00 bits per heavy atom. The van der Waals surface area contributed by atoms with Crippen molar-refractivity contribution in [3.05, 3.63) is 29.8 Å². The van der Waals surface area contributed by atoms with Gasteiger partial charge in [-0.15, -0.1) is 0 Å².